The number of nitrogens with two attached hydrogens (primary N) is 1. The highest BCUT2D eigenvalue weighted by Gasteiger charge is 2.54. The number of rotatable bonds is 3. The number of carbonyl (C=O) groups is 3. The summed E-state index contributed by atoms with van der Waals surface area (Å²) >= 11 is 0. The van der Waals surface area contributed by atoms with E-state index in [1.54, 1.807) is 0 Å². The van der Waals surface area contributed by atoms with Crippen LogP contribution in [0.1, 0.15) is 75.8 Å². The molecule has 0 spiro atoms. The molecule has 228 valence electrons. The van der Waals surface area contributed by atoms with Crippen LogP contribution in [0.2, 0.25) is 0 Å². The molecule has 2 aromatic carbocycles. The Morgan fingerprint density at radius 2 is 1.81 bits per heavy atom. The Labute approximate surface area is 245 Å². The molecule has 3 fully saturated rings. The van der Waals surface area contributed by atoms with E-state index < -0.39 is 77.1 Å². The lowest BCUT2D eigenvalue weighted by atomic mass is 9.73. The number of phenols is 2. The number of phenolic OH excluding ortho intramolecular Hbond substituents is 2. The van der Waals surface area contributed by atoms with Gasteiger partial charge in [-0.2, -0.15) is 0 Å². The predicted molar refractivity (Wildman–Crippen MR) is 146 cm³/mol. The third kappa shape index (κ3) is 4.03. The number of aliphatic carboxylic acids is 1. The van der Waals surface area contributed by atoms with Crippen molar-refractivity contribution >= 4 is 23.2 Å². The Balaban J connectivity index is 1.30. The molecule has 5 aliphatic rings. The van der Waals surface area contributed by atoms with Crippen molar-refractivity contribution in [1.82, 2.24) is 4.90 Å². The van der Waals surface area contributed by atoms with Gasteiger partial charge in [-0.15, -0.1) is 0 Å². The maximum absolute atomic E-state index is 13.7. The zero-order valence-electron chi connectivity index (χ0n) is 23.5. The summed E-state index contributed by atoms with van der Waals surface area (Å²) in [7, 11) is 0. The summed E-state index contributed by atoms with van der Waals surface area (Å²) in [6.45, 7) is 4.95. The van der Waals surface area contributed by atoms with Gasteiger partial charge in [0.2, 0.25) is 0 Å². The number of ketones is 2. The van der Waals surface area contributed by atoms with Crippen LogP contribution < -0.4 is 5.73 Å². The van der Waals surface area contributed by atoms with E-state index in [0.29, 0.717) is 19.6 Å². The normalized spacial score (nSPS) is 35.0. The van der Waals surface area contributed by atoms with Gasteiger partial charge in [0, 0.05) is 54.2 Å². The maximum Gasteiger partial charge on any atom is 0.336 e. The van der Waals surface area contributed by atoms with E-state index in [4.69, 9.17) is 24.7 Å². The molecule has 8 atom stereocenters. The number of nitrogen functional groups attached to an aromatic ring is 1. The van der Waals surface area contributed by atoms with Gasteiger partial charge in [0.25, 0.3) is 0 Å². The lowest BCUT2D eigenvalue weighted by molar-refractivity contribution is -0.248. The second-order valence-corrected chi connectivity index (χ2v) is 12.0. The minimum atomic E-state index is -2.41. The molecule has 3 aliphatic heterocycles. The van der Waals surface area contributed by atoms with Gasteiger partial charge in [0.1, 0.15) is 23.8 Å². The molecule has 2 aliphatic carbocycles. The first kappa shape index (κ1) is 28.2. The van der Waals surface area contributed by atoms with Crippen LogP contribution in [-0.4, -0.2) is 98.5 Å². The molecule has 13 nitrogen and oxygen atoms in total. The maximum atomic E-state index is 13.7. The average molecular weight is 597 g/mol. The minimum absolute atomic E-state index is 0.0276. The highest BCUT2D eigenvalue weighted by molar-refractivity contribution is 6.32. The van der Waals surface area contributed by atoms with E-state index in [2.05, 4.69) is 4.90 Å². The summed E-state index contributed by atoms with van der Waals surface area (Å²) in [5.41, 5.74) is 2.28. The summed E-state index contributed by atoms with van der Waals surface area (Å²) < 4.78 is 24.5. The van der Waals surface area contributed by atoms with E-state index in [9.17, 15) is 34.8 Å². The third-order valence-electron chi connectivity index (χ3n) is 9.46. The first-order chi connectivity index (χ1) is 20.4. The number of carbonyl (C=O) groups excluding carboxylic acids is 2. The van der Waals surface area contributed by atoms with Gasteiger partial charge in [0.05, 0.1) is 41.6 Å². The van der Waals surface area contributed by atoms with Crippen LogP contribution in [0.5, 0.6) is 11.5 Å². The van der Waals surface area contributed by atoms with Gasteiger partial charge in [-0.05, 0) is 19.9 Å². The molecule has 6 N–H and O–H groups in total. The molecule has 0 bridgehead atoms. The van der Waals surface area contributed by atoms with Crippen LogP contribution in [0.25, 0.3) is 0 Å². The number of hydrogen-bond acceptors (Lipinski definition) is 12. The number of fused-ring (bicyclic) bond motifs is 6. The summed E-state index contributed by atoms with van der Waals surface area (Å²) in [4.78, 5) is 41.6. The summed E-state index contributed by atoms with van der Waals surface area (Å²) in [6, 6.07) is 4.21. The Bertz CT molecular complexity index is 1580. The van der Waals surface area contributed by atoms with Crippen LogP contribution in [0.4, 0.5) is 5.69 Å². The monoisotopic (exact) mass is 596 g/mol. The largest absolute Gasteiger partial charge is 0.507 e. The molecular formula is C30H32N2O11. The number of ether oxygens (including phenoxy) is 4. The van der Waals surface area contributed by atoms with Crippen molar-refractivity contribution in [3.63, 3.8) is 0 Å². The second kappa shape index (κ2) is 9.71. The Kier molecular flexibility index (Phi) is 6.37. The van der Waals surface area contributed by atoms with E-state index in [1.165, 1.54) is 18.2 Å². The fourth-order valence-corrected chi connectivity index (χ4v) is 7.43. The number of benzene rings is 2. The van der Waals surface area contributed by atoms with Gasteiger partial charge in [-0.25, -0.2) is 4.79 Å². The third-order valence-corrected chi connectivity index (χ3v) is 9.46. The fraction of sp³-hybridized carbons (Fsp3) is 0.500. The molecule has 3 saturated heterocycles. The molecule has 0 aromatic heterocycles. The number of carboxylic acid groups (broad SMARTS) is 1. The smallest absolute Gasteiger partial charge is 0.336 e. The van der Waals surface area contributed by atoms with Crippen molar-refractivity contribution in [2.24, 2.45) is 0 Å². The van der Waals surface area contributed by atoms with Crippen molar-refractivity contribution in [3.8, 4) is 11.5 Å². The predicted octanol–water partition coefficient (Wildman–Crippen LogP) is 1.22. The Hall–Kier alpha value is -3.59. The van der Waals surface area contributed by atoms with Crippen molar-refractivity contribution in [1.29, 1.82) is 0 Å². The molecule has 13 heteroatoms. The first-order valence-corrected chi connectivity index (χ1v) is 14.3. The van der Waals surface area contributed by atoms with Crippen molar-refractivity contribution in [2.45, 2.75) is 81.7 Å². The first-order valence-electron chi connectivity index (χ1n) is 14.3. The summed E-state index contributed by atoms with van der Waals surface area (Å²) in [6.07, 6.45) is -4.16. The standard InChI is InChI=1S/C30H32N2O11/c1-11-27-16(32-6-7-40-12(2)28(32)43-27)8-18(41-11)42-17-10-30(39,29(37)38)9-14-20(17)26(36)22-21(24(14)34)23(33)13-4-3-5-15(31)19(13)25(22)35/h3-5,11-12,16-18,27-28,34,36,39H,6-10,31H2,1-2H3,(H,37,38)/t11-,12+,16?,17-,18-,27+,28+,30-/m0/s1. The number of nitrogens with zero attached hydrogens (tertiary/aromatic N) is 1. The Morgan fingerprint density at radius 3 is 2.56 bits per heavy atom. The quantitative estimate of drug-likeness (QED) is 0.214. The Morgan fingerprint density at radius 1 is 1.07 bits per heavy atom. The second-order valence-electron chi connectivity index (χ2n) is 12.0. The molecule has 0 saturated carbocycles. The average Bonchev–Trinajstić information content (AvgIpc) is 3.34. The topological polar surface area (TPSA) is 198 Å². The van der Waals surface area contributed by atoms with Crippen LogP contribution in [-0.2, 0) is 30.2 Å². The molecule has 2 aromatic rings. The molecule has 43 heavy (non-hydrogen) atoms. The number of hydrogen-bond donors (Lipinski definition) is 5. The van der Waals surface area contributed by atoms with Gasteiger partial charge in [0.15, 0.2) is 23.5 Å². The minimum Gasteiger partial charge on any atom is -0.507 e. The zero-order valence-corrected chi connectivity index (χ0v) is 23.5. The van der Waals surface area contributed by atoms with Crippen LogP contribution in [0.3, 0.4) is 0 Å². The number of aliphatic hydroxyl groups is 1. The van der Waals surface area contributed by atoms with Crippen molar-refractivity contribution in [3.05, 3.63) is 51.6 Å². The van der Waals surface area contributed by atoms with Crippen molar-refractivity contribution in [2.75, 3.05) is 18.9 Å². The number of carboxylic acids is 1. The van der Waals surface area contributed by atoms with Gasteiger partial charge < -0.3 is 45.1 Å². The molecule has 3 heterocycles. The number of anilines is 1. The summed E-state index contributed by atoms with van der Waals surface area (Å²) in [5, 5.41) is 44.1. The van der Waals surface area contributed by atoms with Gasteiger partial charge >= 0.3 is 5.97 Å². The van der Waals surface area contributed by atoms with Crippen molar-refractivity contribution < 1.29 is 53.8 Å². The molecule has 1 unspecified atom stereocenters. The van der Waals surface area contributed by atoms with Crippen LogP contribution in [0.15, 0.2) is 18.2 Å². The molecule has 7 rings (SSSR count). The fourth-order valence-electron chi connectivity index (χ4n) is 7.43. The molecular weight excluding hydrogens is 564 g/mol. The highest BCUT2D eigenvalue weighted by Crippen LogP contribution is 2.52. The van der Waals surface area contributed by atoms with Gasteiger partial charge in [-0.1, -0.05) is 12.1 Å². The summed E-state index contributed by atoms with van der Waals surface area (Å²) in [5.74, 6) is -4.44. The number of morpholine rings is 1. The molecule has 0 radical (unpaired) electrons. The van der Waals surface area contributed by atoms with Crippen LogP contribution in [0, 0.1) is 0 Å². The molecule has 0 amide bonds. The lowest BCUT2D eigenvalue weighted by Gasteiger charge is -2.43. The van der Waals surface area contributed by atoms with Crippen LogP contribution >= 0.6 is 0 Å². The van der Waals surface area contributed by atoms with E-state index in [0.717, 1.165) is 0 Å². The SMILES string of the molecule is C[C@@H]1O[C@@H](O[C@H]2C[C@](O)(C(=O)O)Cc3c(O)c4c(c(O)c32)C(=O)c2c(N)cccc2C4=O)CC2[C@@H]1O[C@@H]1[C@@H](C)OCCN21. The van der Waals surface area contributed by atoms with E-state index in [1.807, 2.05) is 13.8 Å². The van der Waals surface area contributed by atoms with E-state index in [-0.39, 0.29) is 52.4 Å². The van der Waals surface area contributed by atoms with Gasteiger partial charge in [-0.3, -0.25) is 14.5 Å². The zero-order chi connectivity index (χ0) is 30.5. The van der Waals surface area contributed by atoms with E-state index >= 15 is 0 Å². The number of aromatic hydroxyl groups is 2. The lowest BCUT2D eigenvalue weighted by Crippen LogP contribution is -2.54. The highest BCUT2D eigenvalue weighted by atomic mass is 16.7.